The molecule has 1 heteroatoms. The van der Waals surface area contributed by atoms with Gasteiger partial charge in [0.1, 0.15) is 0 Å². The molecule has 1 heterocycles. The van der Waals surface area contributed by atoms with Gasteiger partial charge in [-0.1, -0.05) is 30.3 Å². The molecule has 1 aromatic carbocycles. The van der Waals surface area contributed by atoms with Crippen LogP contribution in [0.1, 0.15) is 24.0 Å². The van der Waals surface area contributed by atoms with Gasteiger partial charge in [-0.25, -0.2) is 0 Å². The largest absolute Gasteiger partial charge is 0.316 e. The van der Waals surface area contributed by atoms with Crippen LogP contribution in [0.5, 0.6) is 0 Å². The van der Waals surface area contributed by atoms with Crippen molar-refractivity contribution in [1.29, 1.82) is 0 Å². The van der Waals surface area contributed by atoms with E-state index in [1.165, 1.54) is 16.7 Å². The Balaban J connectivity index is 2.29. The average Bonchev–Trinajstić information content (AvgIpc) is 2.47. The van der Waals surface area contributed by atoms with Crippen LogP contribution in [0.4, 0.5) is 0 Å². The molecule has 0 saturated carbocycles. The van der Waals surface area contributed by atoms with Crippen LogP contribution >= 0.6 is 0 Å². The summed E-state index contributed by atoms with van der Waals surface area (Å²) >= 11 is 0. The summed E-state index contributed by atoms with van der Waals surface area (Å²) in [6.45, 7) is 4.42. The first-order valence-electron chi connectivity index (χ1n) is 5.33. The van der Waals surface area contributed by atoms with Crippen LogP contribution in [-0.2, 0) is 0 Å². The Labute approximate surface area is 85.8 Å². The molecule has 0 bridgehead atoms. The zero-order chi connectivity index (χ0) is 9.80. The fourth-order valence-corrected chi connectivity index (χ4v) is 1.98. The Morgan fingerprint density at radius 3 is 2.86 bits per heavy atom. The monoisotopic (exact) mass is 187 g/mol. The zero-order valence-electron chi connectivity index (χ0n) is 8.72. The third-order valence-corrected chi connectivity index (χ3v) is 2.77. The Bertz CT molecular complexity index is 339. The average molecular weight is 187 g/mol. The lowest BCUT2D eigenvalue weighted by atomic mass is 9.98. The maximum Gasteiger partial charge on any atom is -0.000812 e. The van der Waals surface area contributed by atoms with Crippen molar-refractivity contribution >= 4 is 5.57 Å². The lowest BCUT2D eigenvalue weighted by molar-refractivity contribution is 0.718. The minimum Gasteiger partial charge on any atom is -0.316 e. The molecule has 0 spiro atoms. The maximum absolute atomic E-state index is 3.41. The molecular weight excluding hydrogens is 170 g/mol. The van der Waals surface area contributed by atoms with Gasteiger partial charge < -0.3 is 5.32 Å². The molecule has 0 unspecified atom stereocenters. The van der Waals surface area contributed by atoms with Gasteiger partial charge in [0.15, 0.2) is 0 Å². The lowest BCUT2D eigenvalue weighted by Crippen LogP contribution is -2.13. The van der Waals surface area contributed by atoms with Crippen molar-refractivity contribution in [3.8, 4) is 0 Å². The van der Waals surface area contributed by atoms with Gasteiger partial charge in [0, 0.05) is 0 Å². The van der Waals surface area contributed by atoms with E-state index in [1.54, 1.807) is 0 Å². The summed E-state index contributed by atoms with van der Waals surface area (Å²) in [7, 11) is 0. The summed E-state index contributed by atoms with van der Waals surface area (Å²) in [5.74, 6) is 0. The van der Waals surface area contributed by atoms with E-state index in [0.717, 1.165) is 25.9 Å². The van der Waals surface area contributed by atoms with E-state index >= 15 is 0 Å². The van der Waals surface area contributed by atoms with Crippen LogP contribution in [0.3, 0.4) is 0 Å². The predicted octanol–water partition coefficient (Wildman–Crippen LogP) is 2.76. The van der Waals surface area contributed by atoms with Gasteiger partial charge in [-0.2, -0.15) is 0 Å². The SMILES string of the molecule is Cc1ccccc1C1=CCCNCC1. The van der Waals surface area contributed by atoms with Crippen LogP contribution in [-0.4, -0.2) is 13.1 Å². The first-order chi connectivity index (χ1) is 6.88. The normalized spacial score (nSPS) is 17.4. The molecule has 1 N–H and O–H groups in total. The van der Waals surface area contributed by atoms with Crippen molar-refractivity contribution in [2.45, 2.75) is 19.8 Å². The molecule has 1 nitrogen and oxygen atoms in total. The van der Waals surface area contributed by atoms with E-state index in [1.807, 2.05) is 0 Å². The Hall–Kier alpha value is -1.08. The highest BCUT2D eigenvalue weighted by Crippen LogP contribution is 2.22. The molecule has 0 saturated heterocycles. The molecule has 0 atom stereocenters. The fraction of sp³-hybridized carbons (Fsp3) is 0.385. The minimum atomic E-state index is 1.11. The number of rotatable bonds is 1. The molecule has 74 valence electrons. The van der Waals surface area contributed by atoms with E-state index in [4.69, 9.17) is 0 Å². The first kappa shape index (κ1) is 9.47. The van der Waals surface area contributed by atoms with Crippen LogP contribution in [0, 0.1) is 6.92 Å². The van der Waals surface area contributed by atoms with Crippen molar-refractivity contribution in [3.05, 3.63) is 41.5 Å². The Morgan fingerprint density at radius 1 is 1.14 bits per heavy atom. The van der Waals surface area contributed by atoms with Crippen molar-refractivity contribution in [2.75, 3.05) is 13.1 Å². The third kappa shape index (κ3) is 2.05. The molecule has 0 amide bonds. The summed E-state index contributed by atoms with van der Waals surface area (Å²) in [6, 6.07) is 8.65. The number of hydrogen-bond donors (Lipinski definition) is 1. The van der Waals surface area contributed by atoms with Crippen LogP contribution in [0.2, 0.25) is 0 Å². The highest BCUT2D eigenvalue weighted by atomic mass is 14.8. The number of aryl methyl sites for hydroxylation is 1. The van der Waals surface area contributed by atoms with E-state index < -0.39 is 0 Å². The quantitative estimate of drug-likeness (QED) is 0.713. The van der Waals surface area contributed by atoms with E-state index in [2.05, 4.69) is 42.6 Å². The van der Waals surface area contributed by atoms with E-state index in [-0.39, 0.29) is 0 Å². The highest BCUT2D eigenvalue weighted by molar-refractivity contribution is 5.68. The number of benzene rings is 1. The van der Waals surface area contributed by atoms with Crippen molar-refractivity contribution in [1.82, 2.24) is 5.32 Å². The lowest BCUT2D eigenvalue weighted by Gasteiger charge is -2.08. The zero-order valence-corrected chi connectivity index (χ0v) is 8.72. The molecule has 0 radical (unpaired) electrons. The van der Waals surface area contributed by atoms with Crippen LogP contribution < -0.4 is 5.32 Å². The van der Waals surface area contributed by atoms with Gasteiger partial charge in [0.25, 0.3) is 0 Å². The van der Waals surface area contributed by atoms with Gasteiger partial charge in [-0.15, -0.1) is 0 Å². The molecule has 1 aromatic rings. The van der Waals surface area contributed by atoms with Gasteiger partial charge in [-0.05, 0) is 49.6 Å². The van der Waals surface area contributed by atoms with Gasteiger partial charge in [-0.3, -0.25) is 0 Å². The minimum absolute atomic E-state index is 1.11. The van der Waals surface area contributed by atoms with Crippen molar-refractivity contribution in [3.63, 3.8) is 0 Å². The predicted molar refractivity (Wildman–Crippen MR) is 61.3 cm³/mol. The summed E-state index contributed by atoms with van der Waals surface area (Å²) in [5.41, 5.74) is 4.32. The second-order valence-electron chi connectivity index (χ2n) is 3.83. The number of hydrogen-bond acceptors (Lipinski definition) is 1. The third-order valence-electron chi connectivity index (χ3n) is 2.77. The highest BCUT2D eigenvalue weighted by Gasteiger charge is 2.06. The molecule has 2 rings (SSSR count). The van der Waals surface area contributed by atoms with Crippen molar-refractivity contribution in [2.24, 2.45) is 0 Å². The fourth-order valence-electron chi connectivity index (χ4n) is 1.98. The van der Waals surface area contributed by atoms with Gasteiger partial charge in [0.2, 0.25) is 0 Å². The summed E-state index contributed by atoms with van der Waals surface area (Å²) in [6.07, 6.45) is 4.69. The van der Waals surface area contributed by atoms with Crippen LogP contribution in [0.25, 0.3) is 5.57 Å². The first-order valence-corrected chi connectivity index (χ1v) is 5.33. The van der Waals surface area contributed by atoms with E-state index in [0.29, 0.717) is 0 Å². The van der Waals surface area contributed by atoms with E-state index in [9.17, 15) is 0 Å². The molecule has 1 aliphatic heterocycles. The second kappa shape index (κ2) is 4.43. The standard InChI is InChI=1S/C13H17N/c1-11-5-2-3-7-13(11)12-6-4-9-14-10-8-12/h2-3,5-7,14H,4,8-10H2,1H3. The maximum atomic E-state index is 3.41. The molecule has 14 heavy (non-hydrogen) atoms. The molecule has 1 aliphatic rings. The molecule has 0 aliphatic carbocycles. The summed E-state index contributed by atoms with van der Waals surface area (Å²) in [4.78, 5) is 0. The Morgan fingerprint density at radius 2 is 2.00 bits per heavy atom. The van der Waals surface area contributed by atoms with Gasteiger partial charge in [0.05, 0.1) is 0 Å². The molecule has 0 fully saturated rings. The summed E-state index contributed by atoms with van der Waals surface area (Å²) < 4.78 is 0. The Kier molecular flexibility index (Phi) is 3.00. The second-order valence-corrected chi connectivity index (χ2v) is 3.83. The van der Waals surface area contributed by atoms with Crippen LogP contribution in [0.15, 0.2) is 30.3 Å². The topological polar surface area (TPSA) is 12.0 Å². The van der Waals surface area contributed by atoms with Crippen molar-refractivity contribution < 1.29 is 0 Å². The number of nitrogens with one attached hydrogen (secondary N) is 1. The summed E-state index contributed by atoms with van der Waals surface area (Å²) in [5, 5.41) is 3.41. The van der Waals surface area contributed by atoms with Gasteiger partial charge >= 0.3 is 0 Å². The smallest absolute Gasteiger partial charge is 0.000812 e. The molecular formula is C13H17N. The molecule has 0 aromatic heterocycles.